The minimum absolute atomic E-state index is 0.0406. The van der Waals surface area contributed by atoms with Crippen LogP contribution in [0.4, 0.5) is 0 Å². The van der Waals surface area contributed by atoms with E-state index in [0.717, 1.165) is 18.5 Å². The summed E-state index contributed by atoms with van der Waals surface area (Å²) in [7, 11) is 0. The zero-order chi connectivity index (χ0) is 12.8. The third-order valence-electron chi connectivity index (χ3n) is 3.31. The van der Waals surface area contributed by atoms with Crippen molar-refractivity contribution in [1.82, 2.24) is 4.90 Å². The van der Waals surface area contributed by atoms with Crippen molar-refractivity contribution in [3.05, 3.63) is 35.9 Å². The zero-order valence-electron chi connectivity index (χ0n) is 10.4. The summed E-state index contributed by atoms with van der Waals surface area (Å²) >= 11 is 0. The molecule has 0 saturated carbocycles. The van der Waals surface area contributed by atoms with E-state index in [0.29, 0.717) is 13.0 Å². The van der Waals surface area contributed by atoms with Gasteiger partial charge in [0, 0.05) is 18.2 Å². The Morgan fingerprint density at radius 1 is 1.28 bits per heavy atom. The highest BCUT2D eigenvalue weighted by atomic mass is 16.3. The van der Waals surface area contributed by atoms with E-state index in [1.54, 1.807) is 0 Å². The predicted octanol–water partition coefficient (Wildman–Crippen LogP) is 0.856. The highest BCUT2D eigenvalue weighted by molar-refractivity contribution is 5.33. The molecule has 18 heavy (non-hydrogen) atoms. The molecule has 1 aliphatic rings. The van der Waals surface area contributed by atoms with Gasteiger partial charge in [0.25, 0.3) is 0 Å². The van der Waals surface area contributed by atoms with Crippen LogP contribution in [0.1, 0.15) is 18.4 Å². The van der Waals surface area contributed by atoms with E-state index in [9.17, 15) is 10.2 Å². The van der Waals surface area contributed by atoms with Crippen LogP contribution in [0.25, 0.3) is 0 Å². The van der Waals surface area contributed by atoms with Crippen molar-refractivity contribution < 1.29 is 10.2 Å². The maximum Gasteiger partial charge on any atom is 0.0608 e. The Hall–Kier alpha value is -1.34. The Kier molecular flexibility index (Phi) is 4.77. The topological polar surface area (TPSA) is 43.7 Å². The summed E-state index contributed by atoms with van der Waals surface area (Å²) < 4.78 is 0. The van der Waals surface area contributed by atoms with Crippen LogP contribution in [0.3, 0.4) is 0 Å². The molecule has 3 nitrogen and oxygen atoms in total. The molecule has 3 heteroatoms. The Morgan fingerprint density at radius 3 is 2.78 bits per heavy atom. The SMILES string of the molecule is OCC1CC(O)CCN1CC#Cc1ccccc1. The summed E-state index contributed by atoms with van der Waals surface area (Å²) in [5, 5.41) is 18.9. The first-order valence-electron chi connectivity index (χ1n) is 6.36. The van der Waals surface area contributed by atoms with Gasteiger partial charge in [-0.05, 0) is 25.0 Å². The van der Waals surface area contributed by atoms with Gasteiger partial charge in [0.05, 0.1) is 19.3 Å². The number of aliphatic hydroxyl groups is 2. The van der Waals surface area contributed by atoms with Crippen molar-refractivity contribution >= 4 is 0 Å². The lowest BCUT2D eigenvalue weighted by Crippen LogP contribution is -2.46. The molecular formula is C15H19NO2. The van der Waals surface area contributed by atoms with Crippen molar-refractivity contribution in [2.24, 2.45) is 0 Å². The summed E-state index contributed by atoms with van der Waals surface area (Å²) in [6.45, 7) is 1.53. The molecule has 0 bridgehead atoms. The first-order chi connectivity index (χ1) is 8.79. The molecule has 0 amide bonds. The summed E-state index contributed by atoms with van der Waals surface area (Å²) in [4.78, 5) is 2.14. The van der Waals surface area contributed by atoms with E-state index in [4.69, 9.17) is 0 Å². The molecule has 2 N–H and O–H groups in total. The van der Waals surface area contributed by atoms with Crippen LogP contribution in [-0.4, -0.2) is 47.0 Å². The maximum absolute atomic E-state index is 9.56. The predicted molar refractivity (Wildman–Crippen MR) is 71.0 cm³/mol. The molecule has 1 saturated heterocycles. The molecular weight excluding hydrogens is 226 g/mol. The summed E-state index contributed by atoms with van der Waals surface area (Å²) in [5.41, 5.74) is 1.01. The number of rotatable bonds is 2. The Morgan fingerprint density at radius 2 is 2.06 bits per heavy atom. The molecule has 1 fully saturated rings. The average molecular weight is 245 g/mol. The van der Waals surface area contributed by atoms with Gasteiger partial charge in [0.15, 0.2) is 0 Å². The van der Waals surface area contributed by atoms with E-state index in [1.807, 2.05) is 30.3 Å². The van der Waals surface area contributed by atoms with Crippen LogP contribution in [0, 0.1) is 11.8 Å². The van der Waals surface area contributed by atoms with E-state index < -0.39 is 0 Å². The molecule has 0 aromatic heterocycles. The van der Waals surface area contributed by atoms with Crippen LogP contribution in [-0.2, 0) is 0 Å². The fourth-order valence-electron chi connectivity index (χ4n) is 2.24. The number of piperidine rings is 1. The fourth-order valence-corrected chi connectivity index (χ4v) is 2.24. The minimum Gasteiger partial charge on any atom is -0.395 e. The van der Waals surface area contributed by atoms with Crippen LogP contribution in [0.2, 0.25) is 0 Å². The second-order valence-electron chi connectivity index (χ2n) is 4.65. The first-order valence-corrected chi connectivity index (χ1v) is 6.36. The summed E-state index contributed by atoms with van der Waals surface area (Å²) in [5.74, 6) is 6.25. The van der Waals surface area contributed by atoms with Crippen molar-refractivity contribution in [3.8, 4) is 11.8 Å². The molecule has 1 aliphatic heterocycles. The molecule has 2 unspecified atom stereocenters. The van der Waals surface area contributed by atoms with Gasteiger partial charge in [0.2, 0.25) is 0 Å². The van der Waals surface area contributed by atoms with Gasteiger partial charge >= 0.3 is 0 Å². The van der Waals surface area contributed by atoms with Gasteiger partial charge in [-0.2, -0.15) is 0 Å². The van der Waals surface area contributed by atoms with Crippen LogP contribution in [0.15, 0.2) is 30.3 Å². The lowest BCUT2D eigenvalue weighted by molar-refractivity contribution is 0.0241. The second-order valence-corrected chi connectivity index (χ2v) is 4.65. The normalized spacial score (nSPS) is 24.3. The van der Waals surface area contributed by atoms with E-state index >= 15 is 0 Å². The molecule has 2 rings (SSSR count). The number of aliphatic hydroxyl groups excluding tert-OH is 2. The fraction of sp³-hybridized carbons (Fsp3) is 0.467. The highest BCUT2D eigenvalue weighted by Crippen LogP contribution is 2.16. The van der Waals surface area contributed by atoms with Crippen LogP contribution in [0.5, 0.6) is 0 Å². The second kappa shape index (κ2) is 6.55. The largest absolute Gasteiger partial charge is 0.395 e. The van der Waals surface area contributed by atoms with Gasteiger partial charge in [0.1, 0.15) is 0 Å². The quantitative estimate of drug-likeness (QED) is 0.759. The third kappa shape index (κ3) is 3.58. The lowest BCUT2D eigenvalue weighted by atomic mass is 10.0. The zero-order valence-corrected chi connectivity index (χ0v) is 10.4. The summed E-state index contributed by atoms with van der Waals surface area (Å²) in [6.07, 6.45) is 1.13. The Labute approximate surface area is 108 Å². The molecule has 0 aliphatic carbocycles. The number of likely N-dealkylation sites (tertiary alicyclic amines) is 1. The molecule has 0 spiro atoms. The maximum atomic E-state index is 9.56. The summed E-state index contributed by atoms with van der Waals surface area (Å²) in [6, 6.07) is 9.92. The number of benzene rings is 1. The Bertz CT molecular complexity index is 421. The molecule has 0 radical (unpaired) electrons. The van der Waals surface area contributed by atoms with Crippen molar-refractivity contribution in [1.29, 1.82) is 0 Å². The molecule has 96 valence electrons. The third-order valence-corrected chi connectivity index (χ3v) is 3.31. The lowest BCUT2D eigenvalue weighted by Gasteiger charge is -2.35. The average Bonchev–Trinajstić information content (AvgIpc) is 2.41. The molecule has 1 heterocycles. The highest BCUT2D eigenvalue weighted by Gasteiger charge is 2.25. The number of hydrogen-bond donors (Lipinski definition) is 2. The monoisotopic (exact) mass is 245 g/mol. The van der Waals surface area contributed by atoms with E-state index in [-0.39, 0.29) is 18.8 Å². The number of nitrogens with zero attached hydrogens (tertiary/aromatic N) is 1. The van der Waals surface area contributed by atoms with Crippen molar-refractivity contribution in [2.45, 2.75) is 25.0 Å². The van der Waals surface area contributed by atoms with E-state index in [2.05, 4.69) is 16.7 Å². The molecule has 2 atom stereocenters. The van der Waals surface area contributed by atoms with E-state index in [1.165, 1.54) is 0 Å². The minimum atomic E-state index is -0.277. The molecule has 1 aromatic carbocycles. The Balaban J connectivity index is 1.91. The van der Waals surface area contributed by atoms with Gasteiger partial charge in [-0.25, -0.2) is 0 Å². The van der Waals surface area contributed by atoms with Crippen LogP contribution < -0.4 is 0 Å². The van der Waals surface area contributed by atoms with Gasteiger partial charge < -0.3 is 10.2 Å². The molecule has 1 aromatic rings. The van der Waals surface area contributed by atoms with Gasteiger partial charge in [-0.3, -0.25) is 4.90 Å². The van der Waals surface area contributed by atoms with Crippen molar-refractivity contribution in [3.63, 3.8) is 0 Å². The van der Waals surface area contributed by atoms with Gasteiger partial charge in [-0.1, -0.05) is 30.0 Å². The van der Waals surface area contributed by atoms with Crippen LogP contribution >= 0.6 is 0 Å². The smallest absolute Gasteiger partial charge is 0.0608 e. The van der Waals surface area contributed by atoms with Crippen molar-refractivity contribution in [2.75, 3.05) is 19.7 Å². The van der Waals surface area contributed by atoms with Gasteiger partial charge in [-0.15, -0.1) is 0 Å². The first kappa shape index (κ1) is 13.1. The number of hydrogen-bond acceptors (Lipinski definition) is 3. The standard InChI is InChI=1S/C15H19NO2/c17-12-14-11-15(18)8-10-16(14)9-4-7-13-5-2-1-3-6-13/h1-3,5-6,14-15,17-18H,8-12H2.